The van der Waals surface area contributed by atoms with E-state index in [0.717, 1.165) is 32.8 Å². The first-order valence-corrected chi connectivity index (χ1v) is 9.84. The number of ether oxygens (including phenoxy) is 1. The molecule has 0 saturated heterocycles. The molecule has 1 heterocycles. The Labute approximate surface area is 168 Å². The maximum Gasteiger partial charge on any atom is 0.237 e. The van der Waals surface area contributed by atoms with Gasteiger partial charge in [0.15, 0.2) is 5.13 Å². The molecule has 3 aromatic carbocycles. The van der Waals surface area contributed by atoms with Crippen molar-refractivity contribution in [1.29, 1.82) is 0 Å². The fourth-order valence-corrected chi connectivity index (χ4v) is 4.11. The number of hydrogen-bond donors (Lipinski definition) is 0. The highest BCUT2D eigenvalue weighted by Crippen LogP contribution is 2.35. The Bertz CT molecular complexity index is 1090. The summed E-state index contributed by atoms with van der Waals surface area (Å²) < 4.78 is 6.27. The topological polar surface area (TPSA) is 42.4 Å². The second-order valence-electron chi connectivity index (χ2n) is 6.50. The predicted octanol–water partition coefficient (Wildman–Crippen LogP) is 5.52. The standard InChI is InChI=1S/C23H20N2O2S/c1-16-7-3-5-9-20(16)25(23-24-19-8-4-6-10-21(19)28-23)22(26)15-17-11-13-18(27-2)14-12-17/h3-14H,15H2,1-2H3. The van der Waals surface area contributed by atoms with Crippen molar-refractivity contribution < 1.29 is 9.53 Å². The molecule has 0 atom stereocenters. The second kappa shape index (κ2) is 7.82. The van der Waals surface area contributed by atoms with E-state index in [1.807, 2.05) is 79.7 Å². The van der Waals surface area contributed by atoms with Gasteiger partial charge in [0, 0.05) is 0 Å². The zero-order valence-corrected chi connectivity index (χ0v) is 16.6. The maximum absolute atomic E-state index is 13.4. The van der Waals surface area contributed by atoms with Gasteiger partial charge in [0.05, 0.1) is 29.4 Å². The van der Waals surface area contributed by atoms with Crippen LogP contribution in [0.3, 0.4) is 0 Å². The van der Waals surface area contributed by atoms with Gasteiger partial charge in [-0.05, 0) is 48.4 Å². The van der Waals surface area contributed by atoms with Crippen molar-refractivity contribution in [3.8, 4) is 5.75 Å². The van der Waals surface area contributed by atoms with Crippen molar-refractivity contribution in [2.24, 2.45) is 0 Å². The molecule has 5 heteroatoms. The van der Waals surface area contributed by atoms with Crippen LogP contribution in [0, 0.1) is 6.92 Å². The lowest BCUT2D eigenvalue weighted by Crippen LogP contribution is -2.28. The molecule has 28 heavy (non-hydrogen) atoms. The normalized spacial score (nSPS) is 10.8. The van der Waals surface area contributed by atoms with Gasteiger partial charge in [0.1, 0.15) is 5.75 Å². The molecule has 0 saturated carbocycles. The quantitative estimate of drug-likeness (QED) is 0.452. The van der Waals surface area contributed by atoms with Crippen LogP contribution in [0.2, 0.25) is 0 Å². The molecule has 0 radical (unpaired) electrons. The number of aryl methyl sites for hydroxylation is 1. The van der Waals surface area contributed by atoms with Gasteiger partial charge in [-0.2, -0.15) is 0 Å². The predicted molar refractivity (Wildman–Crippen MR) is 115 cm³/mol. The number of anilines is 2. The number of aromatic nitrogens is 1. The highest BCUT2D eigenvalue weighted by atomic mass is 32.1. The number of hydrogen-bond acceptors (Lipinski definition) is 4. The van der Waals surface area contributed by atoms with Gasteiger partial charge in [-0.25, -0.2) is 4.98 Å². The highest BCUT2D eigenvalue weighted by Gasteiger charge is 2.23. The average Bonchev–Trinajstić information content (AvgIpc) is 3.14. The third kappa shape index (κ3) is 3.62. The fraction of sp³-hybridized carbons (Fsp3) is 0.130. The lowest BCUT2D eigenvalue weighted by Gasteiger charge is -2.22. The molecule has 4 aromatic rings. The Morgan fingerprint density at radius 2 is 1.71 bits per heavy atom. The van der Waals surface area contributed by atoms with Crippen LogP contribution in [0.4, 0.5) is 10.8 Å². The second-order valence-corrected chi connectivity index (χ2v) is 7.51. The Kier molecular flexibility index (Phi) is 5.08. The van der Waals surface area contributed by atoms with Gasteiger partial charge in [0.25, 0.3) is 0 Å². The van der Waals surface area contributed by atoms with E-state index in [1.54, 1.807) is 12.0 Å². The van der Waals surface area contributed by atoms with Gasteiger partial charge >= 0.3 is 0 Å². The molecule has 0 bridgehead atoms. The van der Waals surface area contributed by atoms with Crippen LogP contribution < -0.4 is 9.64 Å². The van der Waals surface area contributed by atoms with E-state index in [-0.39, 0.29) is 12.3 Å². The number of para-hydroxylation sites is 2. The molecular weight excluding hydrogens is 368 g/mol. The van der Waals surface area contributed by atoms with Crippen molar-refractivity contribution in [1.82, 2.24) is 4.98 Å². The number of thiazole rings is 1. The summed E-state index contributed by atoms with van der Waals surface area (Å²) in [6.45, 7) is 2.01. The van der Waals surface area contributed by atoms with Gasteiger partial charge < -0.3 is 4.74 Å². The van der Waals surface area contributed by atoms with Gasteiger partial charge in [-0.3, -0.25) is 9.69 Å². The first-order valence-electron chi connectivity index (χ1n) is 9.03. The number of rotatable bonds is 5. The number of amides is 1. The molecule has 0 aliphatic rings. The molecule has 0 unspecified atom stereocenters. The van der Waals surface area contributed by atoms with Gasteiger partial charge in [-0.15, -0.1) is 0 Å². The summed E-state index contributed by atoms with van der Waals surface area (Å²) in [5.74, 6) is 0.761. The van der Waals surface area contributed by atoms with E-state index in [1.165, 1.54) is 11.3 Å². The molecule has 0 aliphatic carbocycles. The van der Waals surface area contributed by atoms with Crippen LogP contribution in [0.15, 0.2) is 72.8 Å². The Morgan fingerprint density at radius 1 is 1.00 bits per heavy atom. The number of benzene rings is 3. The van der Waals surface area contributed by atoms with E-state index in [2.05, 4.69) is 0 Å². The molecule has 0 fully saturated rings. The van der Waals surface area contributed by atoms with Crippen molar-refractivity contribution >= 4 is 38.3 Å². The highest BCUT2D eigenvalue weighted by molar-refractivity contribution is 7.22. The zero-order valence-electron chi connectivity index (χ0n) is 15.8. The molecule has 0 aliphatic heterocycles. The minimum absolute atomic E-state index is 0.0153. The smallest absolute Gasteiger partial charge is 0.237 e. The molecule has 1 aromatic heterocycles. The Morgan fingerprint density at radius 3 is 2.43 bits per heavy atom. The molecule has 0 N–H and O–H groups in total. The number of methoxy groups -OCH3 is 1. The molecule has 4 nitrogen and oxygen atoms in total. The van der Waals surface area contributed by atoms with Crippen molar-refractivity contribution in [2.45, 2.75) is 13.3 Å². The first-order chi connectivity index (χ1) is 13.7. The zero-order chi connectivity index (χ0) is 19.5. The van der Waals surface area contributed by atoms with Crippen molar-refractivity contribution in [2.75, 3.05) is 12.0 Å². The molecule has 0 spiro atoms. The monoisotopic (exact) mass is 388 g/mol. The lowest BCUT2D eigenvalue weighted by atomic mass is 10.1. The van der Waals surface area contributed by atoms with E-state index in [0.29, 0.717) is 5.13 Å². The third-order valence-corrected chi connectivity index (χ3v) is 5.62. The van der Waals surface area contributed by atoms with Crippen molar-refractivity contribution in [3.63, 3.8) is 0 Å². The van der Waals surface area contributed by atoms with Gasteiger partial charge in [0.2, 0.25) is 5.91 Å². The Balaban J connectivity index is 1.73. The van der Waals surface area contributed by atoms with E-state index in [4.69, 9.17) is 9.72 Å². The minimum atomic E-state index is -0.0153. The summed E-state index contributed by atoms with van der Waals surface area (Å²) in [6.07, 6.45) is 0.286. The summed E-state index contributed by atoms with van der Waals surface area (Å²) in [5.41, 5.74) is 3.73. The third-order valence-electron chi connectivity index (χ3n) is 4.59. The molecule has 140 valence electrons. The van der Waals surface area contributed by atoms with Crippen LogP contribution >= 0.6 is 11.3 Å². The summed E-state index contributed by atoms with van der Waals surface area (Å²) in [5, 5.41) is 0.689. The summed E-state index contributed by atoms with van der Waals surface area (Å²) in [7, 11) is 1.63. The van der Waals surface area contributed by atoms with Crippen LogP contribution in [-0.4, -0.2) is 18.0 Å². The minimum Gasteiger partial charge on any atom is -0.497 e. The van der Waals surface area contributed by atoms with Gasteiger partial charge in [-0.1, -0.05) is 53.8 Å². The average molecular weight is 388 g/mol. The number of carbonyl (C=O) groups is 1. The SMILES string of the molecule is COc1ccc(CC(=O)N(c2nc3ccccc3s2)c2ccccc2C)cc1. The largest absolute Gasteiger partial charge is 0.497 e. The van der Waals surface area contributed by atoms with Crippen LogP contribution in [0.25, 0.3) is 10.2 Å². The molecule has 1 amide bonds. The van der Waals surface area contributed by atoms with Crippen LogP contribution in [0.1, 0.15) is 11.1 Å². The van der Waals surface area contributed by atoms with Crippen LogP contribution in [-0.2, 0) is 11.2 Å². The molecular formula is C23H20N2O2S. The van der Waals surface area contributed by atoms with Crippen molar-refractivity contribution in [3.05, 3.63) is 83.9 Å². The molecule has 4 rings (SSSR count). The van der Waals surface area contributed by atoms with E-state index in [9.17, 15) is 4.79 Å². The number of nitrogens with zero attached hydrogens (tertiary/aromatic N) is 2. The summed E-state index contributed by atoms with van der Waals surface area (Å²) in [6, 6.07) is 23.4. The fourth-order valence-electron chi connectivity index (χ4n) is 3.11. The number of fused-ring (bicyclic) bond motifs is 1. The van der Waals surface area contributed by atoms with E-state index >= 15 is 0 Å². The first kappa shape index (κ1) is 18.2. The summed E-state index contributed by atoms with van der Waals surface area (Å²) >= 11 is 1.53. The van der Waals surface area contributed by atoms with E-state index < -0.39 is 0 Å². The van der Waals surface area contributed by atoms with Crippen LogP contribution in [0.5, 0.6) is 5.75 Å². The maximum atomic E-state index is 13.4. The number of carbonyl (C=O) groups excluding carboxylic acids is 1. The summed E-state index contributed by atoms with van der Waals surface area (Å²) in [4.78, 5) is 19.8. The Hall–Kier alpha value is -3.18. The lowest BCUT2D eigenvalue weighted by molar-refractivity contribution is -0.117.